The van der Waals surface area contributed by atoms with E-state index in [-0.39, 0.29) is 17.5 Å². The molecule has 0 saturated heterocycles. The molecule has 1 heterocycles. The number of ether oxygens (including phenoxy) is 1. The number of aromatic carboxylic acids is 1. The minimum atomic E-state index is -1.00. The first-order valence-corrected chi connectivity index (χ1v) is 6.33. The molecular formula is C13H18N2O3. The van der Waals surface area contributed by atoms with E-state index < -0.39 is 5.97 Å². The lowest BCUT2D eigenvalue weighted by atomic mass is 9.98. The molecule has 0 bridgehead atoms. The van der Waals surface area contributed by atoms with Crippen molar-refractivity contribution in [2.45, 2.75) is 52.1 Å². The lowest BCUT2D eigenvalue weighted by Crippen LogP contribution is -2.22. The van der Waals surface area contributed by atoms with E-state index in [1.165, 1.54) is 6.42 Å². The van der Waals surface area contributed by atoms with Crippen molar-refractivity contribution in [1.82, 2.24) is 10.2 Å². The van der Waals surface area contributed by atoms with E-state index in [2.05, 4.69) is 10.2 Å². The van der Waals surface area contributed by atoms with Gasteiger partial charge in [0, 0.05) is 0 Å². The number of aromatic nitrogens is 2. The van der Waals surface area contributed by atoms with Gasteiger partial charge in [-0.05, 0) is 45.1 Å². The molecule has 1 aliphatic rings. The van der Waals surface area contributed by atoms with Crippen molar-refractivity contribution >= 4 is 5.97 Å². The predicted octanol–water partition coefficient (Wildman–Crippen LogP) is 2.50. The summed E-state index contributed by atoms with van der Waals surface area (Å²) in [6.45, 7) is 3.49. The van der Waals surface area contributed by atoms with Crippen LogP contribution in [0.2, 0.25) is 0 Å². The second kappa shape index (κ2) is 5.33. The number of carboxylic acids is 1. The zero-order valence-electron chi connectivity index (χ0n) is 10.8. The zero-order valence-corrected chi connectivity index (χ0v) is 10.8. The normalized spacial score (nSPS) is 16.6. The molecule has 98 valence electrons. The maximum Gasteiger partial charge on any atom is 0.341 e. The fraction of sp³-hybridized carbons (Fsp3) is 0.615. The number of aryl methyl sites for hydroxylation is 1. The van der Waals surface area contributed by atoms with Gasteiger partial charge in [-0.2, -0.15) is 5.10 Å². The Balaban J connectivity index is 2.26. The van der Waals surface area contributed by atoms with Gasteiger partial charge >= 0.3 is 5.97 Å². The first-order chi connectivity index (χ1) is 8.59. The van der Waals surface area contributed by atoms with Crippen LogP contribution < -0.4 is 4.74 Å². The molecule has 18 heavy (non-hydrogen) atoms. The van der Waals surface area contributed by atoms with Crippen molar-refractivity contribution in [1.29, 1.82) is 0 Å². The molecule has 5 heteroatoms. The zero-order chi connectivity index (χ0) is 13.1. The van der Waals surface area contributed by atoms with Gasteiger partial charge < -0.3 is 9.84 Å². The number of carboxylic acid groups (broad SMARTS) is 1. The van der Waals surface area contributed by atoms with Crippen LogP contribution in [-0.4, -0.2) is 27.4 Å². The Kier molecular flexibility index (Phi) is 3.79. The Morgan fingerprint density at radius 3 is 2.50 bits per heavy atom. The second-order valence-electron chi connectivity index (χ2n) is 4.77. The highest BCUT2D eigenvalue weighted by atomic mass is 16.5. The van der Waals surface area contributed by atoms with Crippen molar-refractivity contribution in [3.8, 4) is 5.88 Å². The second-order valence-corrected chi connectivity index (χ2v) is 4.77. The average Bonchev–Trinajstić information content (AvgIpc) is 2.35. The Labute approximate surface area is 106 Å². The molecule has 0 amide bonds. The molecular weight excluding hydrogens is 232 g/mol. The lowest BCUT2D eigenvalue weighted by molar-refractivity contribution is 0.0681. The van der Waals surface area contributed by atoms with Gasteiger partial charge in [-0.15, -0.1) is 5.10 Å². The van der Waals surface area contributed by atoms with E-state index >= 15 is 0 Å². The van der Waals surface area contributed by atoms with E-state index in [0.29, 0.717) is 11.3 Å². The molecule has 1 aromatic heterocycles. The summed E-state index contributed by atoms with van der Waals surface area (Å²) in [7, 11) is 0. The summed E-state index contributed by atoms with van der Waals surface area (Å²) >= 11 is 0. The summed E-state index contributed by atoms with van der Waals surface area (Å²) in [5.41, 5.74) is 1.40. The quantitative estimate of drug-likeness (QED) is 0.892. The molecule has 0 aromatic carbocycles. The number of nitrogens with zero attached hydrogens (tertiary/aromatic N) is 2. The number of hydrogen-bond acceptors (Lipinski definition) is 4. The predicted molar refractivity (Wildman–Crippen MR) is 66.0 cm³/mol. The van der Waals surface area contributed by atoms with Crippen LogP contribution >= 0.6 is 0 Å². The SMILES string of the molecule is Cc1nnc(OC2CCCCC2)c(C(=O)O)c1C. The van der Waals surface area contributed by atoms with Gasteiger partial charge in [0.1, 0.15) is 11.7 Å². The molecule has 0 unspecified atom stereocenters. The molecule has 1 fully saturated rings. The molecule has 5 nitrogen and oxygen atoms in total. The van der Waals surface area contributed by atoms with E-state index in [9.17, 15) is 9.90 Å². The number of carbonyl (C=O) groups is 1. The van der Waals surface area contributed by atoms with Crippen LogP contribution in [0.1, 0.15) is 53.7 Å². The van der Waals surface area contributed by atoms with Crippen LogP contribution in [-0.2, 0) is 0 Å². The van der Waals surface area contributed by atoms with Gasteiger partial charge in [0.2, 0.25) is 5.88 Å². The summed E-state index contributed by atoms with van der Waals surface area (Å²) in [5.74, 6) is -0.839. The Morgan fingerprint density at radius 2 is 1.89 bits per heavy atom. The topological polar surface area (TPSA) is 72.3 Å². The average molecular weight is 250 g/mol. The minimum absolute atomic E-state index is 0.0771. The van der Waals surface area contributed by atoms with Crippen molar-refractivity contribution in [3.05, 3.63) is 16.8 Å². The molecule has 1 saturated carbocycles. The van der Waals surface area contributed by atoms with Gasteiger partial charge in [-0.25, -0.2) is 4.79 Å². The molecule has 0 atom stereocenters. The van der Waals surface area contributed by atoms with Gasteiger partial charge in [0.25, 0.3) is 0 Å². The van der Waals surface area contributed by atoms with Gasteiger partial charge in [0.15, 0.2) is 0 Å². The number of hydrogen-bond donors (Lipinski definition) is 1. The Bertz CT molecular complexity index is 454. The van der Waals surface area contributed by atoms with E-state index in [1.54, 1.807) is 13.8 Å². The highest BCUT2D eigenvalue weighted by molar-refractivity contribution is 5.92. The van der Waals surface area contributed by atoms with E-state index in [1.807, 2.05) is 0 Å². The highest BCUT2D eigenvalue weighted by Crippen LogP contribution is 2.26. The van der Waals surface area contributed by atoms with E-state index in [0.717, 1.165) is 25.7 Å². The molecule has 2 rings (SSSR count). The summed E-state index contributed by atoms with van der Waals surface area (Å²) < 4.78 is 5.73. The fourth-order valence-electron chi connectivity index (χ4n) is 2.26. The fourth-order valence-corrected chi connectivity index (χ4v) is 2.26. The summed E-state index contributed by atoms with van der Waals surface area (Å²) in [4.78, 5) is 11.3. The maximum atomic E-state index is 11.3. The lowest BCUT2D eigenvalue weighted by Gasteiger charge is -2.23. The number of rotatable bonds is 3. The third-order valence-electron chi connectivity index (χ3n) is 3.47. The summed E-state index contributed by atoms with van der Waals surface area (Å²) in [6.07, 6.45) is 5.50. The monoisotopic (exact) mass is 250 g/mol. The third kappa shape index (κ3) is 2.60. The molecule has 1 aromatic rings. The minimum Gasteiger partial charge on any atom is -0.477 e. The third-order valence-corrected chi connectivity index (χ3v) is 3.47. The first kappa shape index (κ1) is 12.8. The summed E-state index contributed by atoms with van der Waals surface area (Å²) in [5, 5.41) is 17.1. The van der Waals surface area contributed by atoms with Crippen LogP contribution in [0.15, 0.2) is 0 Å². The smallest absolute Gasteiger partial charge is 0.341 e. The first-order valence-electron chi connectivity index (χ1n) is 6.33. The van der Waals surface area contributed by atoms with Crippen LogP contribution in [0.4, 0.5) is 0 Å². The van der Waals surface area contributed by atoms with Crippen molar-refractivity contribution in [2.24, 2.45) is 0 Å². The highest BCUT2D eigenvalue weighted by Gasteiger charge is 2.23. The molecule has 0 aliphatic heterocycles. The van der Waals surface area contributed by atoms with Gasteiger partial charge in [-0.1, -0.05) is 6.42 Å². The van der Waals surface area contributed by atoms with Gasteiger partial charge in [0.05, 0.1) is 5.69 Å². The Hall–Kier alpha value is -1.65. The van der Waals surface area contributed by atoms with Crippen molar-refractivity contribution in [3.63, 3.8) is 0 Å². The standard InChI is InChI=1S/C13H18N2O3/c1-8-9(2)14-15-12(11(8)13(16)17)18-10-6-4-3-5-7-10/h10H,3-7H2,1-2H3,(H,16,17). The molecule has 0 spiro atoms. The van der Waals surface area contributed by atoms with Crippen molar-refractivity contribution < 1.29 is 14.6 Å². The van der Waals surface area contributed by atoms with Crippen LogP contribution in [0.25, 0.3) is 0 Å². The van der Waals surface area contributed by atoms with Gasteiger partial charge in [-0.3, -0.25) is 0 Å². The molecule has 0 radical (unpaired) electrons. The van der Waals surface area contributed by atoms with Crippen molar-refractivity contribution in [2.75, 3.05) is 0 Å². The molecule has 1 aliphatic carbocycles. The van der Waals surface area contributed by atoms with E-state index in [4.69, 9.17) is 4.74 Å². The maximum absolute atomic E-state index is 11.3. The van der Waals surface area contributed by atoms with Crippen LogP contribution in [0.5, 0.6) is 5.88 Å². The largest absolute Gasteiger partial charge is 0.477 e. The van der Waals surface area contributed by atoms with Crippen LogP contribution in [0.3, 0.4) is 0 Å². The molecule has 1 N–H and O–H groups in total. The Morgan fingerprint density at radius 1 is 1.22 bits per heavy atom. The summed E-state index contributed by atoms with van der Waals surface area (Å²) in [6, 6.07) is 0. The van der Waals surface area contributed by atoms with Crippen LogP contribution in [0, 0.1) is 13.8 Å².